The van der Waals surface area contributed by atoms with Crippen molar-refractivity contribution in [2.24, 2.45) is 5.73 Å². The summed E-state index contributed by atoms with van der Waals surface area (Å²) in [7, 11) is 0. The summed E-state index contributed by atoms with van der Waals surface area (Å²) in [5.41, 5.74) is 5.54. The molecule has 2 nitrogen and oxygen atoms in total. The summed E-state index contributed by atoms with van der Waals surface area (Å²) in [4.78, 5) is 9.36. The lowest BCUT2D eigenvalue weighted by molar-refractivity contribution is 0.661. The van der Waals surface area contributed by atoms with E-state index in [1.165, 1.54) is 11.8 Å². The van der Waals surface area contributed by atoms with Gasteiger partial charge in [0.15, 0.2) is 0 Å². The first-order chi connectivity index (χ1) is 4.87. The molecule has 0 aliphatic rings. The average Bonchev–Trinajstić information content (AvgIpc) is 1.82. The molecular weight excluding hydrogens is 178 g/mol. The van der Waals surface area contributed by atoms with Crippen LogP contribution in [0.2, 0.25) is 0 Å². The summed E-state index contributed by atoms with van der Waals surface area (Å²) in [6.45, 7) is 6.08. The Balaban J connectivity index is 3.88. The van der Waals surface area contributed by atoms with E-state index < -0.39 is 0 Å². The Morgan fingerprint density at radius 1 is 1.64 bits per heavy atom. The van der Waals surface area contributed by atoms with E-state index in [4.69, 9.17) is 5.73 Å². The van der Waals surface area contributed by atoms with Gasteiger partial charge in [-0.15, -0.1) is 0 Å². The molecule has 0 saturated carbocycles. The topological polar surface area (TPSA) is 47.4 Å². The van der Waals surface area contributed by atoms with Crippen LogP contribution in [0.5, 0.6) is 0 Å². The highest BCUT2D eigenvalue weighted by atomic mass is 32.2. The molecule has 0 aliphatic heterocycles. The van der Waals surface area contributed by atoms with E-state index in [9.17, 15) is 4.79 Å². The Kier molecular flexibility index (Phi) is 4.51. The van der Waals surface area contributed by atoms with Crippen molar-refractivity contribution in [2.75, 3.05) is 5.75 Å². The predicted molar refractivity (Wildman–Crippen MR) is 56.1 cm³/mol. The SMILES string of the molecule is CC(C)(C)SC(=[OH+])[C@@H](N)CS. The molecule has 0 aromatic heterocycles. The van der Waals surface area contributed by atoms with Crippen LogP contribution in [0.1, 0.15) is 20.8 Å². The molecule has 4 heteroatoms. The van der Waals surface area contributed by atoms with Crippen molar-refractivity contribution in [2.45, 2.75) is 31.6 Å². The van der Waals surface area contributed by atoms with E-state index in [-0.39, 0.29) is 15.9 Å². The zero-order valence-corrected chi connectivity index (χ0v) is 8.88. The molecule has 3 N–H and O–H groups in total. The van der Waals surface area contributed by atoms with Gasteiger partial charge in [-0.3, -0.25) is 4.79 Å². The minimum Gasteiger partial charge on any atom is -0.315 e. The number of carbonyl (C=O) groups excluding carboxylic acids is 1. The maximum Gasteiger partial charge on any atom is 0.368 e. The molecule has 0 heterocycles. The minimum absolute atomic E-state index is 0.0185. The summed E-state index contributed by atoms with van der Waals surface area (Å²) in [5, 5.41) is 0.271. The van der Waals surface area contributed by atoms with Crippen molar-refractivity contribution < 1.29 is 4.79 Å². The van der Waals surface area contributed by atoms with Gasteiger partial charge in [-0.2, -0.15) is 12.6 Å². The van der Waals surface area contributed by atoms with E-state index >= 15 is 0 Å². The summed E-state index contributed by atoms with van der Waals surface area (Å²) < 4.78 is 0.0185. The van der Waals surface area contributed by atoms with Crippen molar-refractivity contribution in [3.05, 3.63) is 0 Å². The molecule has 0 rings (SSSR count). The fraction of sp³-hybridized carbons (Fsp3) is 0.857. The van der Waals surface area contributed by atoms with Gasteiger partial charge in [-0.05, 0) is 11.8 Å². The Labute approximate surface area is 77.7 Å². The number of nitrogens with two attached hydrogens (primary N) is 1. The standard InChI is InChI=1S/C7H15NOS2/c1-7(2,3)11-6(9)5(8)4-10/h5,10H,4,8H2,1-3H3/p+1/t5-/m0/s1. The lowest BCUT2D eigenvalue weighted by atomic mass is 10.3. The Hall–Kier alpha value is 0.330. The Bertz CT molecular complexity index is 142. The number of hydrogen-bond donors (Lipinski definition) is 2. The normalized spacial score (nSPS) is 14.6. The molecule has 11 heavy (non-hydrogen) atoms. The third-order valence-electron chi connectivity index (χ3n) is 0.925. The molecule has 0 aromatic rings. The zero-order valence-electron chi connectivity index (χ0n) is 7.16. The molecule has 1 atom stereocenters. The molecule has 0 aliphatic carbocycles. The van der Waals surface area contributed by atoms with Gasteiger partial charge in [0.2, 0.25) is 0 Å². The van der Waals surface area contributed by atoms with Crippen LogP contribution in [-0.2, 0) is 0 Å². The predicted octanol–water partition coefficient (Wildman–Crippen LogP) is 1.28. The van der Waals surface area contributed by atoms with Gasteiger partial charge in [0.25, 0.3) is 0 Å². The molecule has 0 unspecified atom stereocenters. The van der Waals surface area contributed by atoms with Gasteiger partial charge in [0.1, 0.15) is 6.04 Å². The zero-order chi connectivity index (χ0) is 9.07. The largest absolute Gasteiger partial charge is 0.368 e. The molecule has 0 aromatic carbocycles. The highest BCUT2D eigenvalue weighted by Crippen LogP contribution is 2.24. The minimum atomic E-state index is -0.317. The van der Waals surface area contributed by atoms with Crippen LogP contribution in [0.3, 0.4) is 0 Å². The van der Waals surface area contributed by atoms with Crippen LogP contribution in [-0.4, -0.2) is 26.5 Å². The van der Waals surface area contributed by atoms with Crippen LogP contribution < -0.4 is 5.73 Å². The molecule has 66 valence electrons. The van der Waals surface area contributed by atoms with Crippen LogP contribution in [0, 0.1) is 0 Å². The van der Waals surface area contributed by atoms with Gasteiger partial charge >= 0.3 is 5.12 Å². The monoisotopic (exact) mass is 194 g/mol. The van der Waals surface area contributed by atoms with Gasteiger partial charge in [-0.1, -0.05) is 20.8 Å². The van der Waals surface area contributed by atoms with E-state index in [1.54, 1.807) is 0 Å². The van der Waals surface area contributed by atoms with Crippen molar-refractivity contribution in [1.82, 2.24) is 0 Å². The van der Waals surface area contributed by atoms with Crippen LogP contribution in [0.15, 0.2) is 0 Å². The third kappa shape index (κ3) is 5.58. The lowest BCUT2D eigenvalue weighted by Crippen LogP contribution is -2.32. The first kappa shape index (κ1) is 11.3. The van der Waals surface area contributed by atoms with Gasteiger partial charge in [0, 0.05) is 10.5 Å². The Morgan fingerprint density at radius 3 is 2.36 bits per heavy atom. The highest BCUT2D eigenvalue weighted by molar-refractivity contribution is 8.15. The number of hydrogen-bond acceptors (Lipinski definition) is 3. The first-order valence-corrected chi connectivity index (χ1v) is 4.93. The van der Waals surface area contributed by atoms with Crippen LogP contribution >= 0.6 is 24.4 Å². The maximum absolute atomic E-state index is 9.36. The second-order valence-electron chi connectivity index (χ2n) is 3.34. The highest BCUT2D eigenvalue weighted by Gasteiger charge is 2.26. The number of thiol groups is 1. The van der Waals surface area contributed by atoms with E-state index in [1.807, 2.05) is 20.8 Å². The fourth-order valence-corrected chi connectivity index (χ4v) is 1.63. The van der Waals surface area contributed by atoms with Crippen molar-refractivity contribution in [3.8, 4) is 0 Å². The van der Waals surface area contributed by atoms with Gasteiger partial charge in [-0.25, -0.2) is 0 Å². The summed E-state index contributed by atoms with van der Waals surface area (Å²) in [5.74, 6) is 0.481. The molecule has 0 radical (unpaired) electrons. The molecule has 0 amide bonds. The van der Waals surface area contributed by atoms with Crippen molar-refractivity contribution in [1.29, 1.82) is 0 Å². The average molecular weight is 194 g/mol. The quantitative estimate of drug-likeness (QED) is 0.514. The second-order valence-corrected chi connectivity index (χ2v) is 5.55. The molecule has 0 spiro atoms. The summed E-state index contributed by atoms with van der Waals surface area (Å²) >= 11 is 5.37. The number of rotatable bonds is 2. The maximum atomic E-state index is 9.36. The van der Waals surface area contributed by atoms with Crippen LogP contribution in [0.4, 0.5) is 0 Å². The second kappa shape index (κ2) is 4.38. The first-order valence-electron chi connectivity index (χ1n) is 3.48. The van der Waals surface area contributed by atoms with Crippen molar-refractivity contribution in [3.63, 3.8) is 0 Å². The van der Waals surface area contributed by atoms with E-state index in [2.05, 4.69) is 12.6 Å². The lowest BCUT2D eigenvalue weighted by Gasteiger charge is -2.14. The smallest absolute Gasteiger partial charge is 0.315 e. The number of thioether (sulfide) groups is 1. The summed E-state index contributed by atoms with van der Waals surface area (Å²) in [6.07, 6.45) is 0. The van der Waals surface area contributed by atoms with E-state index in [0.717, 1.165) is 0 Å². The van der Waals surface area contributed by atoms with Gasteiger partial charge in [0.05, 0.1) is 0 Å². The van der Waals surface area contributed by atoms with E-state index in [0.29, 0.717) is 5.75 Å². The molecule has 0 saturated heterocycles. The van der Waals surface area contributed by atoms with Crippen LogP contribution in [0.25, 0.3) is 0 Å². The molecular formula is C7H16NOS2+. The third-order valence-corrected chi connectivity index (χ3v) is 2.44. The van der Waals surface area contributed by atoms with Gasteiger partial charge < -0.3 is 5.73 Å². The molecule has 0 fully saturated rings. The summed E-state index contributed by atoms with van der Waals surface area (Å²) in [6, 6.07) is -0.317. The fourth-order valence-electron chi connectivity index (χ4n) is 0.467. The Morgan fingerprint density at radius 2 is 2.09 bits per heavy atom. The molecule has 0 bridgehead atoms. The van der Waals surface area contributed by atoms with Crippen molar-refractivity contribution >= 4 is 29.5 Å².